The second-order valence-electron chi connectivity index (χ2n) is 21.3. The van der Waals surface area contributed by atoms with Gasteiger partial charge in [0.15, 0.2) is 6.10 Å². The summed E-state index contributed by atoms with van der Waals surface area (Å²) >= 11 is 0. The minimum Gasteiger partial charge on any atom is -0.462 e. The highest BCUT2D eigenvalue weighted by Gasteiger charge is 2.19. The number of hydrogen-bond donors (Lipinski definition) is 0. The molecule has 0 saturated heterocycles. The maximum Gasteiger partial charge on any atom is 0.306 e. The van der Waals surface area contributed by atoms with Crippen molar-refractivity contribution in [3.8, 4) is 0 Å². The molecule has 6 heteroatoms. The molecule has 1 atom stereocenters. The lowest BCUT2D eigenvalue weighted by Gasteiger charge is -2.18. The zero-order valence-electron chi connectivity index (χ0n) is 53.1. The second-order valence-corrected chi connectivity index (χ2v) is 21.3. The fourth-order valence-corrected chi connectivity index (χ4v) is 8.48. The summed E-state index contributed by atoms with van der Waals surface area (Å²) in [5.74, 6) is -1.07. The number of carbonyl (C=O) groups is 3. The third-order valence-corrected chi connectivity index (χ3v) is 13.4. The Morgan fingerprint density at radius 1 is 0.253 bits per heavy atom. The Morgan fingerprint density at radius 2 is 0.494 bits per heavy atom. The van der Waals surface area contributed by atoms with Gasteiger partial charge in [-0.2, -0.15) is 0 Å². The van der Waals surface area contributed by atoms with E-state index in [1.807, 2.05) is 12.2 Å². The quantitative estimate of drug-likeness (QED) is 0.0261. The van der Waals surface area contributed by atoms with Crippen molar-refractivity contribution in [3.63, 3.8) is 0 Å². The van der Waals surface area contributed by atoms with Gasteiger partial charge in [0.1, 0.15) is 13.2 Å². The molecule has 0 bridgehead atoms. The third-order valence-electron chi connectivity index (χ3n) is 13.4. The molecule has 6 nitrogen and oxygen atoms in total. The van der Waals surface area contributed by atoms with Crippen molar-refractivity contribution in [2.75, 3.05) is 13.2 Å². The average molecular weight is 1140 g/mol. The lowest BCUT2D eigenvalue weighted by Crippen LogP contribution is -2.30. The van der Waals surface area contributed by atoms with Crippen molar-refractivity contribution >= 4 is 17.9 Å². The third kappa shape index (κ3) is 67.2. The van der Waals surface area contributed by atoms with Crippen molar-refractivity contribution in [1.82, 2.24) is 0 Å². The number of hydrogen-bond acceptors (Lipinski definition) is 6. The minimum atomic E-state index is -0.850. The topological polar surface area (TPSA) is 78.9 Å². The SMILES string of the molecule is CC/C=C\C/C=C\C/C=C\C/C=C\C/C=C\C/C=C\C/C=C\C/C=C\CCCCC(=O)OCC(COC(=O)CCCCCCCCCCC/C=C\CCCCCCCC)OC(=O)CC/C=C\C/C=C\C/C=C\C/C=C\C/C=C\C/C=C\CC. The zero-order valence-corrected chi connectivity index (χ0v) is 53.1. The number of rotatable bonds is 58. The fourth-order valence-electron chi connectivity index (χ4n) is 8.48. The monoisotopic (exact) mass is 1140 g/mol. The van der Waals surface area contributed by atoms with Crippen molar-refractivity contribution in [2.45, 2.75) is 271 Å². The van der Waals surface area contributed by atoms with Crippen molar-refractivity contribution in [1.29, 1.82) is 0 Å². The Morgan fingerprint density at radius 3 is 0.819 bits per heavy atom. The summed E-state index contributed by atoms with van der Waals surface area (Å²) < 4.78 is 16.8. The summed E-state index contributed by atoms with van der Waals surface area (Å²) in [7, 11) is 0. The van der Waals surface area contributed by atoms with Gasteiger partial charge in [-0.15, -0.1) is 0 Å². The predicted molar refractivity (Wildman–Crippen MR) is 361 cm³/mol. The van der Waals surface area contributed by atoms with Gasteiger partial charge in [-0.05, 0) is 148 Å². The van der Waals surface area contributed by atoms with Gasteiger partial charge in [0.25, 0.3) is 0 Å². The first kappa shape index (κ1) is 77.5. The molecule has 0 aliphatic carbocycles. The average Bonchev–Trinajstić information content (AvgIpc) is 3.50. The van der Waals surface area contributed by atoms with Crippen LogP contribution in [-0.2, 0) is 28.6 Å². The minimum absolute atomic E-state index is 0.132. The summed E-state index contributed by atoms with van der Waals surface area (Å²) in [4.78, 5) is 38.4. The summed E-state index contributed by atoms with van der Waals surface area (Å²) in [6.07, 6.45) is 103. The van der Waals surface area contributed by atoms with Crippen LogP contribution in [0.15, 0.2) is 182 Å². The molecule has 0 rings (SSSR count). The van der Waals surface area contributed by atoms with E-state index in [0.29, 0.717) is 19.3 Å². The van der Waals surface area contributed by atoms with E-state index >= 15 is 0 Å². The number of unbranched alkanes of at least 4 members (excludes halogenated alkanes) is 17. The van der Waals surface area contributed by atoms with E-state index in [1.165, 1.54) is 89.9 Å². The molecule has 0 aromatic carbocycles. The molecule has 464 valence electrons. The Labute approximate surface area is 510 Å². The van der Waals surface area contributed by atoms with Crippen LogP contribution in [0.5, 0.6) is 0 Å². The molecule has 0 N–H and O–H groups in total. The van der Waals surface area contributed by atoms with Crippen LogP contribution in [-0.4, -0.2) is 37.2 Å². The number of allylic oxidation sites excluding steroid dienone is 30. The zero-order chi connectivity index (χ0) is 59.9. The van der Waals surface area contributed by atoms with Gasteiger partial charge >= 0.3 is 17.9 Å². The lowest BCUT2D eigenvalue weighted by atomic mass is 10.1. The normalized spacial score (nSPS) is 13.3. The van der Waals surface area contributed by atoms with E-state index in [1.54, 1.807) is 0 Å². The molecule has 0 amide bonds. The molecule has 0 fully saturated rings. The molecule has 83 heavy (non-hydrogen) atoms. The Hall–Kier alpha value is -5.49. The molecular formula is C77H120O6. The number of esters is 3. The van der Waals surface area contributed by atoms with Gasteiger partial charge in [-0.25, -0.2) is 0 Å². The molecular weight excluding hydrogens is 1020 g/mol. The molecule has 0 aromatic heterocycles. The Balaban J connectivity index is 4.59. The summed E-state index contributed by atoms with van der Waals surface area (Å²) in [5.41, 5.74) is 0. The maximum absolute atomic E-state index is 12.9. The summed E-state index contributed by atoms with van der Waals surface area (Å²) in [6.45, 7) is 6.31. The predicted octanol–water partition coefficient (Wildman–Crippen LogP) is 23.2. The molecule has 0 aliphatic rings. The number of ether oxygens (including phenoxy) is 3. The van der Waals surface area contributed by atoms with Crippen LogP contribution in [0.2, 0.25) is 0 Å². The van der Waals surface area contributed by atoms with Crippen LogP contribution in [0.1, 0.15) is 265 Å². The highest BCUT2D eigenvalue weighted by Crippen LogP contribution is 2.14. The van der Waals surface area contributed by atoms with Crippen LogP contribution < -0.4 is 0 Å². The van der Waals surface area contributed by atoms with E-state index in [0.717, 1.165) is 122 Å². The Kier molecular flexibility index (Phi) is 64.4. The lowest BCUT2D eigenvalue weighted by molar-refractivity contribution is -0.166. The Bertz CT molecular complexity index is 1940. The van der Waals surface area contributed by atoms with E-state index in [-0.39, 0.29) is 38.0 Å². The summed E-state index contributed by atoms with van der Waals surface area (Å²) in [5, 5.41) is 0. The first-order valence-corrected chi connectivity index (χ1v) is 33.3. The number of carbonyl (C=O) groups excluding carboxylic acids is 3. The molecule has 1 unspecified atom stereocenters. The highest BCUT2D eigenvalue weighted by atomic mass is 16.6. The van der Waals surface area contributed by atoms with Crippen LogP contribution in [0, 0.1) is 0 Å². The molecule has 0 aliphatic heterocycles. The largest absolute Gasteiger partial charge is 0.462 e. The molecule has 0 saturated carbocycles. The van der Waals surface area contributed by atoms with Gasteiger partial charge < -0.3 is 14.2 Å². The van der Waals surface area contributed by atoms with Gasteiger partial charge in [0, 0.05) is 19.3 Å². The molecule has 0 heterocycles. The van der Waals surface area contributed by atoms with Crippen LogP contribution in [0.3, 0.4) is 0 Å². The van der Waals surface area contributed by atoms with Crippen molar-refractivity contribution < 1.29 is 28.6 Å². The van der Waals surface area contributed by atoms with Gasteiger partial charge in [-0.1, -0.05) is 280 Å². The smallest absolute Gasteiger partial charge is 0.306 e. The van der Waals surface area contributed by atoms with E-state index < -0.39 is 12.1 Å². The summed E-state index contributed by atoms with van der Waals surface area (Å²) in [6, 6.07) is 0. The van der Waals surface area contributed by atoms with E-state index in [4.69, 9.17) is 14.2 Å². The first-order chi connectivity index (χ1) is 41.0. The van der Waals surface area contributed by atoms with Crippen LogP contribution in [0.25, 0.3) is 0 Å². The van der Waals surface area contributed by atoms with Gasteiger partial charge in [0.05, 0.1) is 0 Å². The van der Waals surface area contributed by atoms with Crippen LogP contribution in [0.4, 0.5) is 0 Å². The fraction of sp³-hybridized carbons (Fsp3) is 0.571. The first-order valence-electron chi connectivity index (χ1n) is 33.3. The van der Waals surface area contributed by atoms with Crippen LogP contribution >= 0.6 is 0 Å². The van der Waals surface area contributed by atoms with Gasteiger partial charge in [0.2, 0.25) is 0 Å². The second kappa shape index (κ2) is 69.0. The molecule has 0 radical (unpaired) electrons. The molecule has 0 aromatic rings. The van der Waals surface area contributed by atoms with Gasteiger partial charge in [-0.3, -0.25) is 14.4 Å². The standard InChI is InChI=1S/C77H120O6/c1-4-7-10-13-16-19-22-25-28-31-34-35-36-37-38-39-40-41-44-46-49-52-55-58-61-64-67-70-76(79)82-73-74(83-77(80)71-68-65-62-59-56-53-50-47-43-33-30-27-24-21-18-15-12-9-6-3)72-81-75(78)69-66-63-60-57-54-51-48-45-42-32-29-26-23-20-17-14-11-8-5-2/h7,9-10,12,16,18-19,21,25-30,34-35,37-38,40-41,43,46-47,49,53,55-56,58,62,65,74H,4-6,8,11,13-15,17,20,22-24,31-33,36,39,42,44-45,48,50-52,54,57,59-61,63-64,66-73H2,1-3H3/b10-7-,12-9-,19-16-,21-18-,28-25-,29-26-,30-27-,35-34-,38-37-,41-40-,47-43-,49-46-,56-53-,58-55-,65-62-. The van der Waals surface area contributed by atoms with E-state index in [2.05, 4.69) is 191 Å². The van der Waals surface area contributed by atoms with Crippen molar-refractivity contribution in [2.24, 2.45) is 0 Å². The maximum atomic E-state index is 12.9. The van der Waals surface area contributed by atoms with Crippen molar-refractivity contribution in [3.05, 3.63) is 182 Å². The van der Waals surface area contributed by atoms with E-state index in [9.17, 15) is 14.4 Å². The molecule has 0 spiro atoms. The highest BCUT2D eigenvalue weighted by molar-refractivity contribution is 5.71.